The van der Waals surface area contributed by atoms with E-state index < -0.39 is 30.7 Å². The number of nitrogens with one attached hydrogen (secondary N) is 2. The number of aromatic amines is 1. The van der Waals surface area contributed by atoms with Gasteiger partial charge in [-0.25, -0.2) is 29.3 Å². The number of carbonyl (C=O) groups excluding carboxylic acids is 4. The molecule has 1 aromatic carbocycles. The summed E-state index contributed by atoms with van der Waals surface area (Å²) in [6.45, 7) is 6.56. The Morgan fingerprint density at radius 1 is 1.12 bits per heavy atom. The fraction of sp³-hybridized carbons (Fsp3) is 0.296. The van der Waals surface area contributed by atoms with Gasteiger partial charge in [0.1, 0.15) is 0 Å². The van der Waals surface area contributed by atoms with E-state index in [-0.39, 0.29) is 23.9 Å². The van der Waals surface area contributed by atoms with Crippen LogP contribution in [0, 0.1) is 13.8 Å². The predicted octanol–water partition coefficient (Wildman–Crippen LogP) is 2.58. The van der Waals surface area contributed by atoms with Gasteiger partial charge in [-0.2, -0.15) is 0 Å². The van der Waals surface area contributed by atoms with E-state index in [1.807, 2.05) is 13.8 Å². The van der Waals surface area contributed by atoms with Crippen molar-refractivity contribution in [2.45, 2.75) is 34.1 Å². The molecule has 0 aliphatic heterocycles. The SMILES string of the molecule is CCCNC(=O)c1ccc(C)c(N=C(N=CN)c2[nH]cc(C(=O)N(CC)C(=O)OCOC(=O)/C=C/C(=O)O)c2C)c1. The number of H-pyrrole nitrogens is 1. The second-order valence-electron chi connectivity index (χ2n) is 8.39. The molecule has 14 nitrogen and oxygen atoms in total. The average molecular weight is 569 g/mol. The van der Waals surface area contributed by atoms with Crippen LogP contribution in [-0.4, -0.2) is 76.9 Å². The number of carboxylic acids is 1. The first-order valence-corrected chi connectivity index (χ1v) is 12.5. The van der Waals surface area contributed by atoms with Gasteiger partial charge in [0.2, 0.25) is 6.79 Å². The molecule has 0 saturated carbocycles. The molecule has 2 rings (SSSR count). The van der Waals surface area contributed by atoms with Crippen LogP contribution in [0.1, 0.15) is 57.8 Å². The summed E-state index contributed by atoms with van der Waals surface area (Å²) < 4.78 is 9.42. The molecule has 1 aromatic heterocycles. The van der Waals surface area contributed by atoms with Crippen LogP contribution in [0.3, 0.4) is 0 Å². The average Bonchev–Trinajstić information content (AvgIpc) is 3.32. The molecule has 0 unspecified atom stereocenters. The number of carboxylic acid groups (broad SMARTS) is 1. The van der Waals surface area contributed by atoms with Gasteiger partial charge in [0.25, 0.3) is 11.8 Å². The lowest BCUT2D eigenvalue weighted by molar-refractivity contribution is -0.146. The van der Waals surface area contributed by atoms with Crippen LogP contribution in [0.2, 0.25) is 0 Å². The van der Waals surface area contributed by atoms with E-state index in [1.54, 1.807) is 32.0 Å². The molecule has 2 aromatic rings. The summed E-state index contributed by atoms with van der Waals surface area (Å²) in [5.74, 6) is -3.22. The number of amidine groups is 1. The van der Waals surface area contributed by atoms with Gasteiger partial charge < -0.3 is 30.6 Å². The van der Waals surface area contributed by atoms with Crippen molar-refractivity contribution in [3.8, 4) is 0 Å². The Morgan fingerprint density at radius 2 is 1.85 bits per heavy atom. The third-order valence-corrected chi connectivity index (χ3v) is 5.55. The lowest BCUT2D eigenvalue weighted by Crippen LogP contribution is -2.37. The molecule has 41 heavy (non-hydrogen) atoms. The minimum Gasteiger partial charge on any atom is -0.478 e. The Bertz CT molecular complexity index is 1390. The molecule has 1 heterocycles. The molecule has 0 bridgehead atoms. The largest absolute Gasteiger partial charge is 0.478 e. The fourth-order valence-corrected chi connectivity index (χ4v) is 3.40. The van der Waals surface area contributed by atoms with Gasteiger partial charge in [-0.1, -0.05) is 13.0 Å². The van der Waals surface area contributed by atoms with E-state index in [1.165, 1.54) is 6.20 Å². The van der Waals surface area contributed by atoms with Crippen LogP contribution in [0.4, 0.5) is 10.5 Å². The highest BCUT2D eigenvalue weighted by atomic mass is 16.7. The standard InChI is InChI=1S/C27H32N6O8/c1-5-11-29-25(37)18-8-7-16(3)20(12-18)32-24(31-14-28)23-17(4)19(13-30-23)26(38)33(6-2)27(39)41-15-40-22(36)10-9-21(34)35/h7-10,12-14,30H,5-6,11,15H2,1-4H3,(H,29,37)(H,34,35)(H2,28,31,32)/b10-9+. The highest BCUT2D eigenvalue weighted by Crippen LogP contribution is 2.24. The number of amides is 3. The van der Waals surface area contributed by atoms with Crippen LogP contribution in [-0.2, 0) is 19.1 Å². The molecular formula is C27H32N6O8. The maximum absolute atomic E-state index is 13.2. The van der Waals surface area contributed by atoms with E-state index in [2.05, 4.69) is 25.0 Å². The first kappa shape index (κ1) is 31.9. The Balaban J connectivity index is 2.29. The quantitative estimate of drug-likeness (QED) is 0.103. The summed E-state index contributed by atoms with van der Waals surface area (Å²) in [6, 6.07) is 5.06. The third-order valence-electron chi connectivity index (χ3n) is 5.55. The van der Waals surface area contributed by atoms with E-state index in [9.17, 15) is 24.0 Å². The molecule has 5 N–H and O–H groups in total. The summed E-state index contributed by atoms with van der Waals surface area (Å²) in [5.41, 5.74) is 8.07. The number of ether oxygens (including phenoxy) is 2. The maximum atomic E-state index is 13.2. The van der Waals surface area contributed by atoms with Crippen molar-refractivity contribution in [2.24, 2.45) is 15.7 Å². The first-order chi connectivity index (χ1) is 19.5. The van der Waals surface area contributed by atoms with Crippen molar-refractivity contribution < 1.29 is 38.6 Å². The minimum absolute atomic E-state index is 0.0710. The topological polar surface area (TPSA) is 206 Å². The highest BCUT2D eigenvalue weighted by molar-refractivity contribution is 6.09. The lowest BCUT2D eigenvalue weighted by Gasteiger charge is -2.18. The number of benzene rings is 1. The van der Waals surface area contributed by atoms with Crippen LogP contribution in [0.25, 0.3) is 0 Å². The van der Waals surface area contributed by atoms with Crippen LogP contribution in [0.5, 0.6) is 0 Å². The molecule has 0 saturated heterocycles. The first-order valence-electron chi connectivity index (χ1n) is 12.5. The minimum atomic E-state index is -1.35. The van der Waals surface area contributed by atoms with Gasteiger partial charge in [-0.15, -0.1) is 0 Å². The number of aliphatic imine (C=N–C) groups is 2. The van der Waals surface area contributed by atoms with Crippen molar-refractivity contribution in [2.75, 3.05) is 19.9 Å². The molecule has 0 aliphatic carbocycles. The monoisotopic (exact) mass is 568 g/mol. The number of aliphatic carboxylic acids is 1. The van der Waals surface area contributed by atoms with Gasteiger partial charge in [-0.05, 0) is 50.5 Å². The van der Waals surface area contributed by atoms with E-state index in [0.29, 0.717) is 41.2 Å². The molecule has 0 spiro atoms. The van der Waals surface area contributed by atoms with E-state index in [4.69, 9.17) is 15.6 Å². The van der Waals surface area contributed by atoms with E-state index >= 15 is 0 Å². The number of rotatable bonds is 11. The summed E-state index contributed by atoms with van der Waals surface area (Å²) in [6.07, 6.45) is 3.33. The molecule has 0 atom stereocenters. The Kier molecular flexibility index (Phi) is 12.0. The molecular weight excluding hydrogens is 536 g/mol. The zero-order valence-electron chi connectivity index (χ0n) is 23.1. The number of imide groups is 1. The number of hydrogen-bond acceptors (Lipinski definition) is 8. The van der Waals surface area contributed by atoms with Crippen molar-refractivity contribution in [1.29, 1.82) is 0 Å². The maximum Gasteiger partial charge on any atom is 0.419 e. The smallest absolute Gasteiger partial charge is 0.419 e. The zero-order chi connectivity index (χ0) is 30.5. The summed E-state index contributed by atoms with van der Waals surface area (Å²) >= 11 is 0. The van der Waals surface area contributed by atoms with Gasteiger partial charge in [0, 0.05) is 37.0 Å². The van der Waals surface area contributed by atoms with Crippen molar-refractivity contribution in [1.82, 2.24) is 15.2 Å². The van der Waals surface area contributed by atoms with Crippen molar-refractivity contribution in [3.05, 3.63) is 64.5 Å². The van der Waals surface area contributed by atoms with Gasteiger partial charge >= 0.3 is 18.0 Å². The molecule has 0 fully saturated rings. The Morgan fingerprint density at radius 3 is 2.49 bits per heavy atom. The second-order valence-corrected chi connectivity index (χ2v) is 8.39. The number of carbonyl (C=O) groups is 5. The normalized spacial score (nSPS) is 11.5. The van der Waals surface area contributed by atoms with Gasteiger partial charge in [-0.3, -0.25) is 9.59 Å². The number of nitrogens with two attached hydrogens (primary N) is 1. The fourth-order valence-electron chi connectivity index (χ4n) is 3.40. The Labute approximate surface area is 235 Å². The van der Waals surface area contributed by atoms with Crippen molar-refractivity contribution >= 4 is 47.7 Å². The van der Waals surface area contributed by atoms with Crippen LogP contribution >= 0.6 is 0 Å². The number of hydrogen-bond donors (Lipinski definition) is 4. The third kappa shape index (κ3) is 8.88. The predicted molar refractivity (Wildman–Crippen MR) is 149 cm³/mol. The van der Waals surface area contributed by atoms with Gasteiger partial charge in [0.05, 0.1) is 23.3 Å². The van der Waals surface area contributed by atoms with E-state index in [0.717, 1.165) is 23.2 Å². The summed E-state index contributed by atoms with van der Waals surface area (Å²) in [4.78, 5) is 72.4. The summed E-state index contributed by atoms with van der Waals surface area (Å²) in [7, 11) is 0. The second kappa shape index (κ2) is 15.4. The number of aryl methyl sites for hydroxylation is 1. The van der Waals surface area contributed by atoms with Crippen LogP contribution < -0.4 is 11.1 Å². The highest BCUT2D eigenvalue weighted by Gasteiger charge is 2.27. The lowest BCUT2D eigenvalue weighted by atomic mass is 10.1. The Hall–Kier alpha value is -5.27. The number of aromatic nitrogens is 1. The molecule has 14 heteroatoms. The van der Waals surface area contributed by atoms with Crippen LogP contribution in [0.15, 0.2) is 46.5 Å². The van der Waals surface area contributed by atoms with Gasteiger partial charge in [0.15, 0.2) is 5.84 Å². The zero-order valence-corrected chi connectivity index (χ0v) is 23.1. The molecule has 0 radical (unpaired) electrons. The molecule has 218 valence electrons. The van der Waals surface area contributed by atoms with Crippen molar-refractivity contribution in [3.63, 3.8) is 0 Å². The molecule has 3 amide bonds. The number of nitrogens with zero attached hydrogens (tertiary/aromatic N) is 3. The summed E-state index contributed by atoms with van der Waals surface area (Å²) in [5, 5.41) is 11.3. The molecule has 0 aliphatic rings. The number of esters is 1.